The van der Waals surface area contributed by atoms with Crippen molar-refractivity contribution in [1.29, 1.82) is 0 Å². The Bertz CT molecular complexity index is 685. The third-order valence-electron chi connectivity index (χ3n) is 2.75. The highest BCUT2D eigenvalue weighted by Gasteiger charge is 2.31. The van der Waals surface area contributed by atoms with E-state index in [0.717, 1.165) is 23.1 Å². The Balaban J connectivity index is 2.04. The molecule has 2 amide bonds. The number of hydrogen-bond acceptors (Lipinski definition) is 7. The molecule has 1 aromatic rings. The van der Waals surface area contributed by atoms with Gasteiger partial charge in [0.1, 0.15) is 4.21 Å². The summed E-state index contributed by atoms with van der Waals surface area (Å²) in [6.07, 6.45) is 0.00224. The van der Waals surface area contributed by atoms with Crippen molar-refractivity contribution in [2.45, 2.75) is 20.1 Å². The number of ether oxygens (including phenoxy) is 1. The molecule has 0 aliphatic carbocycles. The van der Waals surface area contributed by atoms with Gasteiger partial charge in [-0.05, 0) is 6.07 Å². The first-order chi connectivity index (χ1) is 10.3. The van der Waals surface area contributed by atoms with Crippen LogP contribution in [0, 0.1) is 0 Å². The normalized spacial score (nSPS) is 17.7. The van der Waals surface area contributed by atoms with Crippen LogP contribution in [0.25, 0.3) is 0 Å². The molecule has 2 heterocycles. The predicted octanol–water partition coefficient (Wildman–Crippen LogP) is -0.0390. The summed E-state index contributed by atoms with van der Waals surface area (Å²) in [5.74, 6) is -0.602. The first-order valence-corrected chi connectivity index (χ1v) is 9.45. The molecule has 0 saturated carbocycles. The van der Waals surface area contributed by atoms with Crippen molar-refractivity contribution >= 4 is 50.6 Å². The molecular formula is C11H15N3O5S3. The van der Waals surface area contributed by atoms with Gasteiger partial charge in [0.05, 0.1) is 21.8 Å². The fraction of sp³-hybridized carbons (Fsp3) is 0.455. The molecule has 22 heavy (non-hydrogen) atoms. The molecule has 8 nitrogen and oxygen atoms in total. The van der Waals surface area contributed by atoms with Crippen LogP contribution in [-0.4, -0.2) is 45.7 Å². The standard InChI is InChI=1S/C11H15N3O5S3/c1-19-3-2-13-8(15)5-7-10(16)14-6-4-9(22(12,17)18)21-11(6)20-7/h4,7H,2-3,5H2,1H3,(H,13,15)(H,14,16)(H2,12,17,18). The Hall–Kier alpha value is -1.14. The third-order valence-corrected chi connectivity index (χ3v) is 6.74. The monoisotopic (exact) mass is 365 g/mol. The van der Waals surface area contributed by atoms with E-state index in [1.807, 2.05) is 0 Å². The molecule has 1 atom stereocenters. The van der Waals surface area contributed by atoms with Gasteiger partial charge in [-0.2, -0.15) is 0 Å². The largest absolute Gasteiger partial charge is 0.383 e. The van der Waals surface area contributed by atoms with Crippen LogP contribution in [0.4, 0.5) is 5.69 Å². The maximum atomic E-state index is 12.0. The zero-order valence-corrected chi connectivity index (χ0v) is 14.1. The average Bonchev–Trinajstić information content (AvgIpc) is 2.82. The second kappa shape index (κ2) is 6.96. The first-order valence-electron chi connectivity index (χ1n) is 6.21. The van der Waals surface area contributed by atoms with E-state index in [0.29, 0.717) is 23.0 Å². The number of thioether (sulfide) groups is 1. The van der Waals surface area contributed by atoms with E-state index in [1.54, 1.807) is 0 Å². The number of thiophene rings is 1. The number of primary sulfonamides is 1. The second-order valence-electron chi connectivity index (χ2n) is 4.45. The van der Waals surface area contributed by atoms with Crippen molar-refractivity contribution in [2.75, 3.05) is 25.6 Å². The smallest absolute Gasteiger partial charge is 0.247 e. The van der Waals surface area contributed by atoms with E-state index in [-0.39, 0.29) is 22.4 Å². The molecular weight excluding hydrogens is 350 g/mol. The lowest BCUT2D eigenvalue weighted by atomic mass is 10.2. The topological polar surface area (TPSA) is 128 Å². The first kappa shape index (κ1) is 17.2. The lowest BCUT2D eigenvalue weighted by molar-refractivity contribution is -0.124. The van der Waals surface area contributed by atoms with Gasteiger partial charge in [0, 0.05) is 20.1 Å². The summed E-state index contributed by atoms with van der Waals surface area (Å²) in [5, 5.41) is 9.70. The van der Waals surface area contributed by atoms with E-state index in [9.17, 15) is 18.0 Å². The van der Waals surface area contributed by atoms with Gasteiger partial charge in [-0.25, -0.2) is 13.6 Å². The van der Waals surface area contributed by atoms with Gasteiger partial charge in [-0.15, -0.1) is 11.3 Å². The van der Waals surface area contributed by atoms with Crippen molar-refractivity contribution in [2.24, 2.45) is 5.14 Å². The number of sulfonamides is 1. The van der Waals surface area contributed by atoms with Crippen LogP contribution in [0.5, 0.6) is 0 Å². The van der Waals surface area contributed by atoms with Crippen molar-refractivity contribution in [3.05, 3.63) is 6.07 Å². The van der Waals surface area contributed by atoms with Crippen LogP contribution in [-0.2, 0) is 24.3 Å². The van der Waals surface area contributed by atoms with E-state index in [4.69, 9.17) is 9.88 Å². The molecule has 1 aliphatic heterocycles. The van der Waals surface area contributed by atoms with Crippen LogP contribution in [0.2, 0.25) is 0 Å². The van der Waals surface area contributed by atoms with E-state index in [2.05, 4.69) is 10.6 Å². The number of carbonyl (C=O) groups is 2. The third kappa shape index (κ3) is 4.20. The number of rotatable bonds is 6. The summed E-state index contributed by atoms with van der Waals surface area (Å²) in [6, 6.07) is 1.33. The van der Waals surface area contributed by atoms with Crippen LogP contribution in [0.15, 0.2) is 14.5 Å². The minimum atomic E-state index is -3.81. The van der Waals surface area contributed by atoms with Crippen molar-refractivity contribution in [3.8, 4) is 0 Å². The predicted molar refractivity (Wildman–Crippen MR) is 83.5 cm³/mol. The number of carbonyl (C=O) groups excluding carboxylic acids is 2. The molecule has 4 N–H and O–H groups in total. The molecule has 2 rings (SSSR count). The Morgan fingerprint density at radius 1 is 1.55 bits per heavy atom. The zero-order valence-electron chi connectivity index (χ0n) is 11.6. The number of hydrogen-bond donors (Lipinski definition) is 3. The van der Waals surface area contributed by atoms with Crippen molar-refractivity contribution in [3.63, 3.8) is 0 Å². The van der Waals surface area contributed by atoms with Crippen LogP contribution < -0.4 is 15.8 Å². The van der Waals surface area contributed by atoms with Gasteiger partial charge < -0.3 is 15.4 Å². The summed E-state index contributed by atoms with van der Waals surface area (Å²) in [5.41, 5.74) is 0.417. The Morgan fingerprint density at radius 2 is 2.27 bits per heavy atom. The number of nitrogens with two attached hydrogens (primary N) is 1. The van der Waals surface area contributed by atoms with Gasteiger partial charge in [0.25, 0.3) is 0 Å². The minimum absolute atomic E-state index is 0.00224. The summed E-state index contributed by atoms with van der Waals surface area (Å²) in [7, 11) is -2.28. The Labute approximate surface area is 135 Å². The van der Waals surface area contributed by atoms with Crippen molar-refractivity contribution in [1.82, 2.24) is 5.32 Å². The van der Waals surface area contributed by atoms with Gasteiger partial charge >= 0.3 is 0 Å². The maximum Gasteiger partial charge on any atom is 0.247 e. The maximum absolute atomic E-state index is 12.0. The van der Waals surface area contributed by atoms with Gasteiger partial charge in [-0.1, -0.05) is 11.8 Å². The second-order valence-corrected chi connectivity index (χ2v) is 8.77. The summed E-state index contributed by atoms with van der Waals surface area (Å²) < 4.78 is 28.1. The highest BCUT2D eigenvalue weighted by Crippen LogP contribution is 2.43. The van der Waals surface area contributed by atoms with Crippen molar-refractivity contribution < 1.29 is 22.7 Å². The zero-order chi connectivity index (χ0) is 16.3. The van der Waals surface area contributed by atoms with E-state index in [1.165, 1.54) is 13.2 Å². The van der Waals surface area contributed by atoms with Crippen LogP contribution in [0.3, 0.4) is 0 Å². The van der Waals surface area contributed by atoms with Gasteiger partial charge in [-0.3, -0.25) is 9.59 Å². The number of fused-ring (bicyclic) bond motifs is 1. The molecule has 0 radical (unpaired) electrons. The lowest BCUT2D eigenvalue weighted by Gasteiger charge is -2.20. The SMILES string of the molecule is COCCNC(=O)CC1Sc2sc(S(N)(=O)=O)cc2NC1=O. The fourth-order valence-electron chi connectivity index (χ4n) is 1.73. The fourth-order valence-corrected chi connectivity index (χ4v) is 5.17. The van der Waals surface area contributed by atoms with Gasteiger partial charge in [0.15, 0.2) is 0 Å². The molecule has 0 aromatic carbocycles. The number of methoxy groups -OCH3 is 1. The quantitative estimate of drug-likeness (QED) is 0.607. The van der Waals surface area contributed by atoms with Crippen LogP contribution >= 0.6 is 23.1 Å². The van der Waals surface area contributed by atoms with E-state index < -0.39 is 15.3 Å². The number of anilines is 1. The molecule has 0 spiro atoms. The number of amides is 2. The van der Waals surface area contributed by atoms with E-state index >= 15 is 0 Å². The number of nitrogens with one attached hydrogen (secondary N) is 2. The molecule has 1 aliphatic rings. The molecule has 122 valence electrons. The summed E-state index contributed by atoms with van der Waals surface area (Å²) >= 11 is 2.14. The highest BCUT2D eigenvalue weighted by molar-refractivity contribution is 8.03. The molecule has 1 aromatic heterocycles. The Morgan fingerprint density at radius 3 is 2.91 bits per heavy atom. The molecule has 0 bridgehead atoms. The highest BCUT2D eigenvalue weighted by atomic mass is 32.3. The van der Waals surface area contributed by atoms with Crippen LogP contribution in [0.1, 0.15) is 6.42 Å². The van der Waals surface area contributed by atoms with Gasteiger partial charge in [0.2, 0.25) is 21.8 Å². The molecule has 1 unspecified atom stereocenters. The minimum Gasteiger partial charge on any atom is -0.383 e. The summed E-state index contributed by atoms with van der Waals surface area (Å²) in [4.78, 5) is 23.7. The Kier molecular flexibility index (Phi) is 5.45. The average molecular weight is 365 g/mol. The molecule has 0 fully saturated rings. The molecule has 0 saturated heterocycles. The summed E-state index contributed by atoms with van der Waals surface area (Å²) in [6.45, 7) is 0.761. The lowest BCUT2D eigenvalue weighted by Crippen LogP contribution is -2.35. The molecule has 11 heteroatoms.